The number of carbonyl (C=O) groups excluding carboxylic acids is 1. The number of benzene rings is 1. The number of hydrogen-bond acceptors (Lipinski definition) is 4. The summed E-state index contributed by atoms with van der Waals surface area (Å²) in [7, 11) is 0. The zero-order chi connectivity index (χ0) is 14.2. The smallest absolute Gasteiger partial charge is 0.259 e. The van der Waals surface area contributed by atoms with Crippen LogP contribution in [0, 0.1) is 6.92 Å². The van der Waals surface area contributed by atoms with Crippen LogP contribution in [-0.2, 0) is 4.79 Å². The lowest BCUT2D eigenvalue weighted by atomic mass is 10.2. The largest absolute Gasteiger partial charge is 0.376 e. The molecule has 0 saturated heterocycles. The first-order valence-electron chi connectivity index (χ1n) is 6.27. The summed E-state index contributed by atoms with van der Waals surface area (Å²) in [5.41, 5.74) is 5.39. The third kappa shape index (κ3) is 4.20. The highest BCUT2D eigenvalue weighted by molar-refractivity contribution is 5.84. The molecule has 0 saturated carbocycles. The fourth-order valence-electron chi connectivity index (χ4n) is 1.61. The average molecular weight is 268 g/mol. The van der Waals surface area contributed by atoms with Crippen molar-refractivity contribution < 1.29 is 4.79 Å². The van der Waals surface area contributed by atoms with Gasteiger partial charge in [0.25, 0.3) is 5.91 Å². The van der Waals surface area contributed by atoms with Gasteiger partial charge in [-0.3, -0.25) is 9.78 Å². The van der Waals surface area contributed by atoms with Crippen LogP contribution in [0.4, 0.5) is 5.69 Å². The van der Waals surface area contributed by atoms with Crippen LogP contribution in [-0.4, -0.2) is 23.7 Å². The van der Waals surface area contributed by atoms with Crippen LogP contribution < -0.4 is 10.7 Å². The second-order valence-corrected chi connectivity index (χ2v) is 4.24. The second-order valence-electron chi connectivity index (χ2n) is 4.24. The molecule has 0 fully saturated rings. The monoisotopic (exact) mass is 268 g/mol. The van der Waals surface area contributed by atoms with Gasteiger partial charge in [0.15, 0.2) is 0 Å². The molecule has 1 amide bonds. The number of carbonyl (C=O) groups is 1. The summed E-state index contributed by atoms with van der Waals surface area (Å²) >= 11 is 0. The Hall–Kier alpha value is -2.69. The third-order valence-corrected chi connectivity index (χ3v) is 2.69. The standard InChI is InChI=1S/C15H16N4O/c1-12-4-2-3-5-14(12)17-11-15(20)19-18-10-13-6-8-16-9-7-13/h2-10,17H,11H2,1H3,(H,19,20)/b18-10-. The Bertz CT molecular complexity index is 596. The van der Waals surface area contributed by atoms with Crippen molar-refractivity contribution in [3.8, 4) is 0 Å². The minimum Gasteiger partial charge on any atom is -0.376 e. The Labute approximate surface area is 117 Å². The van der Waals surface area contributed by atoms with Crippen LogP contribution >= 0.6 is 0 Å². The van der Waals surface area contributed by atoms with Crippen LogP contribution in [0.15, 0.2) is 53.9 Å². The molecule has 0 radical (unpaired) electrons. The predicted octanol–water partition coefficient (Wildman–Crippen LogP) is 1.95. The van der Waals surface area contributed by atoms with Gasteiger partial charge in [-0.15, -0.1) is 0 Å². The molecule has 0 unspecified atom stereocenters. The number of aryl methyl sites for hydroxylation is 1. The van der Waals surface area contributed by atoms with Gasteiger partial charge in [-0.2, -0.15) is 5.10 Å². The van der Waals surface area contributed by atoms with E-state index in [1.165, 1.54) is 0 Å². The number of aromatic nitrogens is 1. The highest BCUT2D eigenvalue weighted by atomic mass is 16.2. The summed E-state index contributed by atoms with van der Waals surface area (Å²) in [6.45, 7) is 2.17. The highest BCUT2D eigenvalue weighted by Crippen LogP contribution is 2.12. The van der Waals surface area contributed by atoms with Gasteiger partial charge in [0.2, 0.25) is 0 Å². The lowest BCUT2D eigenvalue weighted by Gasteiger charge is -2.07. The zero-order valence-electron chi connectivity index (χ0n) is 11.2. The van der Waals surface area contributed by atoms with Gasteiger partial charge in [-0.05, 0) is 36.2 Å². The molecule has 2 aromatic rings. The van der Waals surface area contributed by atoms with Crippen LogP contribution in [0.2, 0.25) is 0 Å². The van der Waals surface area contributed by atoms with E-state index in [4.69, 9.17) is 0 Å². The molecule has 1 heterocycles. The van der Waals surface area contributed by atoms with Crippen LogP contribution in [0.5, 0.6) is 0 Å². The zero-order valence-corrected chi connectivity index (χ0v) is 11.2. The van der Waals surface area contributed by atoms with E-state index in [1.807, 2.05) is 31.2 Å². The molecule has 1 aromatic carbocycles. The van der Waals surface area contributed by atoms with Crippen LogP contribution in [0.1, 0.15) is 11.1 Å². The molecule has 0 spiro atoms. The number of hydrazone groups is 1. The molecular formula is C15H16N4O. The molecular weight excluding hydrogens is 252 g/mol. The molecule has 2 rings (SSSR count). The van der Waals surface area contributed by atoms with Crippen molar-refractivity contribution in [1.29, 1.82) is 0 Å². The lowest BCUT2D eigenvalue weighted by molar-refractivity contribution is -0.119. The van der Waals surface area contributed by atoms with E-state index in [0.717, 1.165) is 16.8 Å². The molecule has 1 aromatic heterocycles. The van der Waals surface area contributed by atoms with Crippen molar-refractivity contribution in [2.45, 2.75) is 6.92 Å². The number of rotatable bonds is 5. The van der Waals surface area contributed by atoms with Crippen molar-refractivity contribution in [3.63, 3.8) is 0 Å². The predicted molar refractivity (Wildman–Crippen MR) is 79.6 cm³/mol. The van der Waals surface area contributed by atoms with E-state index in [-0.39, 0.29) is 12.5 Å². The summed E-state index contributed by atoms with van der Waals surface area (Å²) in [6.07, 6.45) is 4.92. The van der Waals surface area contributed by atoms with E-state index in [0.29, 0.717) is 0 Å². The van der Waals surface area contributed by atoms with E-state index < -0.39 is 0 Å². The summed E-state index contributed by atoms with van der Waals surface area (Å²) in [6, 6.07) is 11.4. The van der Waals surface area contributed by atoms with Crippen molar-refractivity contribution >= 4 is 17.8 Å². The van der Waals surface area contributed by atoms with E-state index >= 15 is 0 Å². The Morgan fingerprint density at radius 3 is 2.75 bits per heavy atom. The fourth-order valence-corrected chi connectivity index (χ4v) is 1.61. The molecule has 5 nitrogen and oxygen atoms in total. The van der Waals surface area contributed by atoms with Crippen molar-refractivity contribution in [2.24, 2.45) is 5.10 Å². The van der Waals surface area contributed by atoms with E-state index in [9.17, 15) is 4.79 Å². The Morgan fingerprint density at radius 2 is 2.00 bits per heavy atom. The van der Waals surface area contributed by atoms with Gasteiger partial charge in [0.05, 0.1) is 12.8 Å². The molecule has 0 aliphatic rings. The molecule has 102 valence electrons. The maximum Gasteiger partial charge on any atom is 0.259 e. The minimum atomic E-state index is -0.196. The number of para-hydroxylation sites is 1. The summed E-state index contributed by atoms with van der Waals surface area (Å²) in [5, 5.41) is 6.95. The highest BCUT2D eigenvalue weighted by Gasteiger charge is 2.00. The molecule has 0 aliphatic carbocycles. The SMILES string of the molecule is Cc1ccccc1NCC(=O)N/N=C\c1ccncc1. The molecule has 0 atom stereocenters. The fraction of sp³-hybridized carbons (Fsp3) is 0.133. The second kappa shape index (κ2) is 7.04. The van der Waals surface area contributed by atoms with Crippen molar-refractivity contribution in [1.82, 2.24) is 10.4 Å². The van der Waals surface area contributed by atoms with Crippen molar-refractivity contribution in [3.05, 3.63) is 59.9 Å². The number of amides is 1. The first kappa shape index (κ1) is 13.7. The maximum atomic E-state index is 11.6. The van der Waals surface area contributed by atoms with E-state index in [2.05, 4.69) is 20.8 Å². The summed E-state index contributed by atoms with van der Waals surface area (Å²) in [4.78, 5) is 15.5. The van der Waals surface area contributed by atoms with Gasteiger partial charge >= 0.3 is 0 Å². The molecule has 0 bridgehead atoms. The first-order valence-corrected chi connectivity index (χ1v) is 6.27. The van der Waals surface area contributed by atoms with Gasteiger partial charge in [0, 0.05) is 18.1 Å². The third-order valence-electron chi connectivity index (χ3n) is 2.69. The van der Waals surface area contributed by atoms with Gasteiger partial charge in [-0.25, -0.2) is 5.43 Å². The van der Waals surface area contributed by atoms with Crippen LogP contribution in [0.25, 0.3) is 0 Å². The topological polar surface area (TPSA) is 66.4 Å². The minimum absolute atomic E-state index is 0.179. The quantitative estimate of drug-likeness (QED) is 0.643. The number of nitrogens with one attached hydrogen (secondary N) is 2. The molecule has 0 aliphatic heterocycles. The Balaban J connectivity index is 1.79. The number of hydrogen-bond donors (Lipinski definition) is 2. The van der Waals surface area contributed by atoms with Gasteiger partial charge < -0.3 is 5.32 Å². The molecule has 5 heteroatoms. The lowest BCUT2D eigenvalue weighted by Crippen LogP contribution is -2.26. The summed E-state index contributed by atoms with van der Waals surface area (Å²) in [5.74, 6) is -0.196. The van der Waals surface area contributed by atoms with Gasteiger partial charge in [-0.1, -0.05) is 18.2 Å². The molecule has 20 heavy (non-hydrogen) atoms. The van der Waals surface area contributed by atoms with Gasteiger partial charge in [0.1, 0.15) is 0 Å². The maximum absolute atomic E-state index is 11.6. The first-order chi connectivity index (χ1) is 9.75. The number of anilines is 1. The van der Waals surface area contributed by atoms with Crippen molar-refractivity contribution in [2.75, 3.05) is 11.9 Å². The van der Waals surface area contributed by atoms with Crippen LogP contribution in [0.3, 0.4) is 0 Å². The average Bonchev–Trinajstić information content (AvgIpc) is 2.47. The number of nitrogens with zero attached hydrogens (tertiary/aromatic N) is 2. The summed E-state index contributed by atoms with van der Waals surface area (Å²) < 4.78 is 0. The Kier molecular flexibility index (Phi) is 4.83. The Morgan fingerprint density at radius 1 is 1.25 bits per heavy atom. The van der Waals surface area contributed by atoms with E-state index in [1.54, 1.807) is 30.7 Å². The normalized spacial score (nSPS) is 10.4. The molecule has 2 N–H and O–H groups in total. The number of pyridine rings is 1.